The molecule has 0 aromatic heterocycles. The smallest absolute Gasteiger partial charge is 0.407 e. The highest BCUT2D eigenvalue weighted by Crippen LogP contribution is 2.34. The van der Waals surface area contributed by atoms with E-state index in [1.807, 2.05) is 0 Å². The maximum absolute atomic E-state index is 12.1. The fourth-order valence-corrected chi connectivity index (χ4v) is 0.923. The van der Waals surface area contributed by atoms with Gasteiger partial charge in [-0.05, 0) is 17.7 Å². The molecule has 0 aliphatic rings. The Morgan fingerprint density at radius 1 is 1.14 bits per heavy atom. The molecule has 6 heteroatoms. The zero-order chi connectivity index (χ0) is 10.9. The van der Waals surface area contributed by atoms with E-state index in [1.165, 1.54) is 0 Å². The van der Waals surface area contributed by atoms with Crippen molar-refractivity contribution >= 4 is 0 Å². The third kappa shape index (κ3) is 2.08. The lowest BCUT2D eigenvalue weighted by molar-refractivity contribution is -0.149. The van der Waals surface area contributed by atoms with Gasteiger partial charge in [-0.25, -0.2) is 0 Å². The second-order valence-corrected chi connectivity index (χ2v) is 2.77. The van der Waals surface area contributed by atoms with Crippen LogP contribution in [0.15, 0.2) is 18.2 Å². The summed E-state index contributed by atoms with van der Waals surface area (Å²) in [6.45, 7) is 0. The minimum Gasteiger partial charge on any atom is -0.504 e. The molecular formula is C8H8F3NO2. The van der Waals surface area contributed by atoms with E-state index in [0.29, 0.717) is 0 Å². The Morgan fingerprint density at radius 3 is 2.14 bits per heavy atom. The van der Waals surface area contributed by atoms with Gasteiger partial charge < -0.3 is 15.9 Å². The Bertz CT molecular complexity index is 338. The molecule has 14 heavy (non-hydrogen) atoms. The summed E-state index contributed by atoms with van der Waals surface area (Å²) in [6, 6.07) is 0.589. The lowest BCUT2D eigenvalue weighted by Gasteiger charge is -2.15. The summed E-state index contributed by atoms with van der Waals surface area (Å²) >= 11 is 0. The van der Waals surface area contributed by atoms with Crippen molar-refractivity contribution in [3.8, 4) is 11.5 Å². The molecule has 1 rings (SSSR count). The van der Waals surface area contributed by atoms with E-state index < -0.39 is 23.7 Å². The number of phenolic OH excluding ortho intramolecular Hbond substituents is 2. The Balaban J connectivity index is 3.03. The molecule has 0 saturated heterocycles. The molecule has 0 saturated carbocycles. The molecule has 0 aliphatic heterocycles. The van der Waals surface area contributed by atoms with Crippen LogP contribution in [0.4, 0.5) is 13.2 Å². The van der Waals surface area contributed by atoms with Gasteiger partial charge in [0.15, 0.2) is 11.5 Å². The highest BCUT2D eigenvalue weighted by Gasteiger charge is 2.38. The predicted octanol–water partition coefficient (Wildman–Crippen LogP) is 1.66. The third-order valence-electron chi connectivity index (χ3n) is 1.71. The Kier molecular flexibility index (Phi) is 2.57. The summed E-state index contributed by atoms with van der Waals surface area (Å²) in [4.78, 5) is 0. The van der Waals surface area contributed by atoms with Gasteiger partial charge in [0, 0.05) is 0 Å². The van der Waals surface area contributed by atoms with Crippen LogP contribution in [0, 0.1) is 0 Å². The fourth-order valence-electron chi connectivity index (χ4n) is 0.923. The summed E-state index contributed by atoms with van der Waals surface area (Å²) in [5.41, 5.74) is 4.57. The van der Waals surface area contributed by atoms with Crippen molar-refractivity contribution in [2.45, 2.75) is 12.2 Å². The van der Waals surface area contributed by atoms with Crippen LogP contribution in [-0.4, -0.2) is 16.4 Å². The van der Waals surface area contributed by atoms with Crippen molar-refractivity contribution in [1.29, 1.82) is 0 Å². The molecule has 0 spiro atoms. The summed E-state index contributed by atoms with van der Waals surface area (Å²) < 4.78 is 36.3. The minimum atomic E-state index is -4.57. The summed E-state index contributed by atoms with van der Waals surface area (Å²) in [6.07, 6.45) is -4.57. The lowest BCUT2D eigenvalue weighted by atomic mass is 10.1. The number of hydrogen-bond acceptors (Lipinski definition) is 3. The van der Waals surface area contributed by atoms with Crippen LogP contribution in [0.2, 0.25) is 0 Å². The lowest BCUT2D eigenvalue weighted by Crippen LogP contribution is -2.28. The Hall–Kier alpha value is -1.43. The summed E-state index contributed by atoms with van der Waals surface area (Å²) in [5.74, 6) is -1.11. The van der Waals surface area contributed by atoms with E-state index in [1.54, 1.807) is 0 Å². The van der Waals surface area contributed by atoms with Crippen LogP contribution in [0.25, 0.3) is 0 Å². The molecule has 0 bridgehead atoms. The molecule has 4 N–H and O–H groups in total. The molecule has 0 fully saturated rings. The number of alkyl halides is 3. The maximum atomic E-state index is 12.1. The van der Waals surface area contributed by atoms with Crippen LogP contribution in [0.1, 0.15) is 11.6 Å². The average molecular weight is 207 g/mol. The number of aromatic hydroxyl groups is 2. The van der Waals surface area contributed by atoms with Crippen LogP contribution >= 0.6 is 0 Å². The first kappa shape index (κ1) is 10.6. The van der Waals surface area contributed by atoms with E-state index >= 15 is 0 Å². The molecule has 1 aromatic carbocycles. The van der Waals surface area contributed by atoms with Gasteiger partial charge in [0.25, 0.3) is 0 Å². The number of nitrogens with two attached hydrogens (primary N) is 1. The predicted molar refractivity (Wildman–Crippen MR) is 42.8 cm³/mol. The van der Waals surface area contributed by atoms with Crippen molar-refractivity contribution in [2.24, 2.45) is 5.73 Å². The number of rotatable bonds is 1. The highest BCUT2D eigenvalue weighted by molar-refractivity contribution is 5.41. The van der Waals surface area contributed by atoms with Crippen molar-refractivity contribution in [2.75, 3.05) is 0 Å². The molecule has 0 unspecified atom stereocenters. The van der Waals surface area contributed by atoms with Gasteiger partial charge in [0.2, 0.25) is 0 Å². The summed E-state index contributed by atoms with van der Waals surface area (Å²) in [5, 5.41) is 17.8. The van der Waals surface area contributed by atoms with Crippen LogP contribution in [0.3, 0.4) is 0 Å². The fraction of sp³-hybridized carbons (Fsp3) is 0.250. The topological polar surface area (TPSA) is 66.5 Å². The van der Waals surface area contributed by atoms with E-state index in [9.17, 15) is 13.2 Å². The van der Waals surface area contributed by atoms with Gasteiger partial charge in [-0.15, -0.1) is 0 Å². The quantitative estimate of drug-likeness (QED) is 0.613. The number of benzene rings is 1. The molecule has 1 atom stereocenters. The van der Waals surface area contributed by atoms with Crippen LogP contribution in [0.5, 0.6) is 11.5 Å². The maximum Gasteiger partial charge on any atom is 0.407 e. The zero-order valence-electron chi connectivity index (χ0n) is 6.92. The van der Waals surface area contributed by atoms with Crippen molar-refractivity contribution in [3.63, 3.8) is 0 Å². The van der Waals surface area contributed by atoms with E-state index in [-0.39, 0.29) is 5.56 Å². The SMILES string of the molecule is N[C@H](c1ccc(O)c(O)c1)C(F)(F)F. The van der Waals surface area contributed by atoms with Crippen molar-refractivity contribution in [3.05, 3.63) is 23.8 Å². The Morgan fingerprint density at radius 2 is 1.71 bits per heavy atom. The van der Waals surface area contributed by atoms with Gasteiger partial charge in [-0.3, -0.25) is 0 Å². The highest BCUT2D eigenvalue weighted by atomic mass is 19.4. The molecule has 0 heterocycles. The van der Waals surface area contributed by atoms with Gasteiger partial charge >= 0.3 is 6.18 Å². The molecule has 0 amide bonds. The van der Waals surface area contributed by atoms with E-state index in [0.717, 1.165) is 18.2 Å². The first-order valence-electron chi connectivity index (χ1n) is 3.66. The van der Waals surface area contributed by atoms with Gasteiger partial charge in [-0.2, -0.15) is 13.2 Å². The average Bonchev–Trinajstić information content (AvgIpc) is 2.07. The van der Waals surface area contributed by atoms with Crippen LogP contribution < -0.4 is 5.73 Å². The molecule has 0 aliphatic carbocycles. The molecule has 78 valence electrons. The summed E-state index contributed by atoms with van der Waals surface area (Å²) in [7, 11) is 0. The van der Waals surface area contributed by atoms with Crippen LogP contribution in [-0.2, 0) is 0 Å². The Labute approximate surface area is 77.6 Å². The first-order valence-corrected chi connectivity index (χ1v) is 3.66. The minimum absolute atomic E-state index is 0.298. The van der Waals surface area contributed by atoms with E-state index in [4.69, 9.17) is 15.9 Å². The molecule has 1 aromatic rings. The second-order valence-electron chi connectivity index (χ2n) is 2.77. The zero-order valence-corrected chi connectivity index (χ0v) is 6.92. The third-order valence-corrected chi connectivity index (χ3v) is 1.71. The standard InChI is InChI=1S/C8H8F3NO2/c9-8(10,11)7(12)4-1-2-5(13)6(14)3-4/h1-3,7,13-14H,12H2/t7-/m1/s1. The van der Waals surface area contributed by atoms with Gasteiger partial charge in [0.1, 0.15) is 6.04 Å². The molecule has 3 nitrogen and oxygen atoms in total. The molecule has 0 radical (unpaired) electrons. The van der Waals surface area contributed by atoms with E-state index in [2.05, 4.69) is 0 Å². The first-order chi connectivity index (χ1) is 6.32. The van der Waals surface area contributed by atoms with Crippen molar-refractivity contribution < 1.29 is 23.4 Å². The number of halogens is 3. The number of phenols is 2. The monoisotopic (exact) mass is 207 g/mol. The van der Waals surface area contributed by atoms with Gasteiger partial charge in [0.05, 0.1) is 0 Å². The van der Waals surface area contributed by atoms with Gasteiger partial charge in [-0.1, -0.05) is 6.07 Å². The molecular weight excluding hydrogens is 199 g/mol. The largest absolute Gasteiger partial charge is 0.504 e. The second kappa shape index (κ2) is 3.38. The number of hydrogen-bond donors (Lipinski definition) is 3. The van der Waals surface area contributed by atoms with Crippen molar-refractivity contribution in [1.82, 2.24) is 0 Å². The normalized spacial score (nSPS) is 14.0.